The van der Waals surface area contributed by atoms with E-state index < -0.39 is 12.1 Å². The average Bonchev–Trinajstić information content (AvgIpc) is 2.43. The molecule has 0 heterocycles. The Morgan fingerprint density at radius 3 is 2.33 bits per heavy atom. The molecular weight excluding hydrogens is 264 g/mol. The van der Waals surface area contributed by atoms with Gasteiger partial charge in [0, 0.05) is 6.42 Å². The third kappa shape index (κ3) is 8.74. The van der Waals surface area contributed by atoms with Crippen molar-refractivity contribution in [2.75, 3.05) is 0 Å². The summed E-state index contributed by atoms with van der Waals surface area (Å²) < 4.78 is 11.2. The number of para-hydroxylation sites is 1. The highest BCUT2D eigenvalue weighted by Crippen LogP contribution is 2.21. The summed E-state index contributed by atoms with van der Waals surface area (Å²) in [6, 6.07) is 9.52. The largest absolute Gasteiger partial charge is 0.465 e. The molecule has 1 N–H and O–H groups in total. The molecule has 0 fully saturated rings. The van der Waals surface area contributed by atoms with E-state index in [0.717, 1.165) is 18.6 Å². The summed E-state index contributed by atoms with van der Waals surface area (Å²) in [6.07, 6.45) is 7.38. The first kappa shape index (κ1) is 18.0. The van der Waals surface area contributed by atoms with E-state index in [2.05, 4.69) is 6.92 Å². The molecule has 0 aliphatic rings. The predicted octanol–water partition coefficient (Wildman–Crippen LogP) is 4.89. The van der Waals surface area contributed by atoms with Gasteiger partial charge in [-0.2, -0.15) is 0 Å². The normalized spacial score (nSPS) is 15.4. The van der Waals surface area contributed by atoms with E-state index in [-0.39, 0.29) is 0 Å². The fourth-order valence-electron chi connectivity index (χ4n) is 2.36. The van der Waals surface area contributed by atoms with E-state index in [1.807, 2.05) is 37.3 Å². The van der Waals surface area contributed by atoms with Gasteiger partial charge in [-0.05, 0) is 32.4 Å². The SMILES string of the molecule is CCCCCCCCC(C)(O)OC(C)Oc1ccccc1. The maximum atomic E-state index is 10.3. The van der Waals surface area contributed by atoms with Crippen molar-refractivity contribution >= 4 is 0 Å². The molecule has 2 atom stereocenters. The summed E-state index contributed by atoms with van der Waals surface area (Å²) in [6.45, 7) is 5.74. The second kappa shape index (κ2) is 9.80. The zero-order chi connectivity index (χ0) is 15.6. The van der Waals surface area contributed by atoms with Crippen LogP contribution in [0, 0.1) is 0 Å². The van der Waals surface area contributed by atoms with Gasteiger partial charge in [0.05, 0.1) is 0 Å². The number of ether oxygens (including phenoxy) is 2. The van der Waals surface area contributed by atoms with Crippen LogP contribution in [0.5, 0.6) is 5.75 Å². The molecule has 120 valence electrons. The van der Waals surface area contributed by atoms with E-state index in [1.165, 1.54) is 25.7 Å². The minimum absolute atomic E-state index is 0.470. The lowest BCUT2D eigenvalue weighted by molar-refractivity contribution is -0.258. The molecule has 0 saturated carbocycles. The Morgan fingerprint density at radius 2 is 1.67 bits per heavy atom. The maximum Gasteiger partial charge on any atom is 0.200 e. The Kier molecular flexibility index (Phi) is 8.40. The van der Waals surface area contributed by atoms with Crippen LogP contribution in [0.25, 0.3) is 0 Å². The van der Waals surface area contributed by atoms with E-state index in [9.17, 15) is 5.11 Å². The highest BCUT2D eigenvalue weighted by molar-refractivity contribution is 5.20. The molecule has 1 aromatic rings. The van der Waals surface area contributed by atoms with Crippen molar-refractivity contribution in [1.29, 1.82) is 0 Å². The topological polar surface area (TPSA) is 38.7 Å². The zero-order valence-corrected chi connectivity index (χ0v) is 13.7. The Balaban J connectivity index is 2.21. The van der Waals surface area contributed by atoms with Crippen LogP contribution in [-0.4, -0.2) is 17.2 Å². The Labute approximate surface area is 129 Å². The van der Waals surface area contributed by atoms with Crippen LogP contribution in [-0.2, 0) is 4.74 Å². The summed E-state index contributed by atoms with van der Waals surface area (Å²) in [5, 5.41) is 10.3. The predicted molar refractivity (Wildman–Crippen MR) is 86.2 cm³/mol. The van der Waals surface area contributed by atoms with E-state index >= 15 is 0 Å². The van der Waals surface area contributed by atoms with Gasteiger partial charge < -0.3 is 14.6 Å². The summed E-state index contributed by atoms with van der Waals surface area (Å²) in [5.41, 5.74) is 0. The van der Waals surface area contributed by atoms with Crippen LogP contribution in [0.3, 0.4) is 0 Å². The fourth-order valence-corrected chi connectivity index (χ4v) is 2.36. The lowest BCUT2D eigenvalue weighted by Crippen LogP contribution is -2.34. The summed E-state index contributed by atoms with van der Waals surface area (Å²) in [5.74, 6) is -0.376. The van der Waals surface area contributed by atoms with E-state index in [0.29, 0.717) is 6.42 Å². The first-order valence-corrected chi connectivity index (χ1v) is 8.15. The van der Waals surface area contributed by atoms with Gasteiger partial charge in [-0.15, -0.1) is 0 Å². The molecule has 0 aliphatic heterocycles. The molecule has 1 rings (SSSR count). The van der Waals surface area contributed by atoms with Crippen LogP contribution >= 0.6 is 0 Å². The van der Waals surface area contributed by atoms with Gasteiger partial charge in [-0.25, -0.2) is 0 Å². The van der Waals surface area contributed by atoms with Crippen molar-refractivity contribution in [3.8, 4) is 5.75 Å². The van der Waals surface area contributed by atoms with Crippen molar-refractivity contribution in [1.82, 2.24) is 0 Å². The zero-order valence-electron chi connectivity index (χ0n) is 13.7. The molecule has 21 heavy (non-hydrogen) atoms. The molecule has 0 amide bonds. The lowest BCUT2D eigenvalue weighted by atomic mass is 10.1. The van der Waals surface area contributed by atoms with Crippen LogP contribution in [0.4, 0.5) is 0 Å². The molecule has 2 unspecified atom stereocenters. The number of unbranched alkanes of at least 4 members (excludes halogenated alkanes) is 5. The Morgan fingerprint density at radius 1 is 1.05 bits per heavy atom. The highest BCUT2D eigenvalue weighted by Gasteiger charge is 2.24. The second-order valence-corrected chi connectivity index (χ2v) is 5.81. The average molecular weight is 294 g/mol. The minimum atomic E-state index is -1.13. The van der Waals surface area contributed by atoms with Crippen molar-refractivity contribution < 1.29 is 14.6 Å². The van der Waals surface area contributed by atoms with E-state index in [1.54, 1.807) is 6.92 Å². The quantitative estimate of drug-likeness (QED) is 0.466. The van der Waals surface area contributed by atoms with Crippen LogP contribution < -0.4 is 4.74 Å². The molecule has 0 radical (unpaired) electrons. The summed E-state index contributed by atoms with van der Waals surface area (Å²) in [7, 11) is 0. The van der Waals surface area contributed by atoms with Gasteiger partial charge in [0.25, 0.3) is 0 Å². The van der Waals surface area contributed by atoms with Crippen molar-refractivity contribution in [3.63, 3.8) is 0 Å². The number of rotatable bonds is 11. The molecule has 0 bridgehead atoms. The second-order valence-electron chi connectivity index (χ2n) is 5.81. The molecule has 0 aromatic heterocycles. The highest BCUT2D eigenvalue weighted by atomic mass is 16.7. The van der Waals surface area contributed by atoms with Gasteiger partial charge in [-0.3, -0.25) is 0 Å². The fraction of sp³-hybridized carbons (Fsp3) is 0.667. The smallest absolute Gasteiger partial charge is 0.200 e. The lowest BCUT2D eigenvalue weighted by Gasteiger charge is -2.28. The molecule has 1 aromatic carbocycles. The van der Waals surface area contributed by atoms with Crippen molar-refractivity contribution in [2.24, 2.45) is 0 Å². The first-order chi connectivity index (χ1) is 10.0. The summed E-state index contributed by atoms with van der Waals surface area (Å²) in [4.78, 5) is 0. The molecule has 0 saturated heterocycles. The molecular formula is C18H30O3. The number of hydrogen-bond donors (Lipinski definition) is 1. The van der Waals surface area contributed by atoms with Gasteiger partial charge in [0.2, 0.25) is 0 Å². The number of aliphatic hydroxyl groups is 1. The van der Waals surface area contributed by atoms with Gasteiger partial charge >= 0.3 is 0 Å². The van der Waals surface area contributed by atoms with Crippen LogP contribution in [0.15, 0.2) is 30.3 Å². The summed E-state index contributed by atoms with van der Waals surface area (Å²) >= 11 is 0. The standard InChI is InChI=1S/C18H30O3/c1-4-5-6-7-8-12-15-18(3,19)21-16(2)20-17-13-10-9-11-14-17/h9-11,13-14,16,19H,4-8,12,15H2,1-3H3. The maximum absolute atomic E-state index is 10.3. The van der Waals surface area contributed by atoms with Crippen molar-refractivity contribution in [2.45, 2.75) is 77.8 Å². The molecule has 0 aliphatic carbocycles. The minimum Gasteiger partial charge on any atom is -0.465 e. The van der Waals surface area contributed by atoms with Gasteiger partial charge in [0.15, 0.2) is 12.1 Å². The molecule has 0 spiro atoms. The number of benzene rings is 1. The van der Waals surface area contributed by atoms with Crippen LogP contribution in [0.2, 0.25) is 0 Å². The monoisotopic (exact) mass is 294 g/mol. The van der Waals surface area contributed by atoms with Gasteiger partial charge in [0.1, 0.15) is 5.75 Å². The third-order valence-electron chi connectivity index (χ3n) is 3.46. The van der Waals surface area contributed by atoms with Gasteiger partial charge in [-0.1, -0.05) is 57.2 Å². The third-order valence-corrected chi connectivity index (χ3v) is 3.46. The van der Waals surface area contributed by atoms with E-state index in [4.69, 9.17) is 9.47 Å². The Bertz CT molecular complexity index is 362. The number of hydrogen-bond acceptors (Lipinski definition) is 3. The molecule has 3 nitrogen and oxygen atoms in total. The Hall–Kier alpha value is -1.06. The molecule has 3 heteroatoms. The first-order valence-electron chi connectivity index (χ1n) is 8.15. The van der Waals surface area contributed by atoms with Crippen molar-refractivity contribution in [3.05, 3.63) is 30.3 Å². The van der Waals surface area contributed by atoms with Crippen LogP contribution in [0.1, 0.15) is 65.7 Å².